The molecule has 7 nitrogen and oxygen atoms in total. The number of allylic oxidation sites excluding steroid dienone is 2. The molecular weight excluding hydrogens is 430 g/mol. The van der Waals surface area contributed by atoms with Crippen LogP contribution in [0.2, 0.25) is 5.02 Å². The summed E-state index contributed by atoms with van der Waals surface area (Å²) in [6.45, 7) is 4.59. The lowest BCUT2D eigenvalue weighted by Gasteiger charge is -2.48. The second-order valence-electron chi connectivity index (χ2n) is 9.16. The van der Waals surface area contributed by atoms with Gasteiger partial charge in [0, 0.05) is 37.2 Å². The summed E-state index contributed by atoms with van der Waals surface area (Å²) in [7, 11) is 0. The zero-order valence-corrected chi connectivity index (χ0v) is 18.8. The van der Waals surface area contributed by atoms with E-state index in [0.717, 1.165) is 5.56 Å². The largest absolute Gasteiger partial charge is 0.486 e. The topological polar surface area (TPSA) is 79.3 Å². The predicted octanol–water partition coefficient (Wildman–Crippen LogP) is 3.45. The molecule has 0 radical (unpaired) electrons. The first kappa shape index (κ1) is 20.9. The highest BCUT2D eigenvalue weighted by molar-refractivity contribution is 6.31. The van der Waals surface area contributed by atoms with Gasteiger partial charge in [0.25, 0.3) is 5.91 Å². The number of hydrogen-bond acceptors (Lipinski definition) is 5. The standard InChI is InChI=1S/C24H24ClN3O4/c1-15-11-16(25)12-17-18(29)13-24(32-21(15)17)6-9-27(10-7-24)22(31)23(2)14-20(30)26-19-5-3-4-8-28(19)23/h3-5,8,11-12H,6-7,9-10,13-14H2,1-2H3. The van der Waals surface area contributed by atoms with Crippen LogP contribution in [0, 0.1) is 6.92 Å². The minimum Gasteiger partial charge on any atom is -0.486 e. The average molecular weight is 454 g/mol. The monoisotopic (exact) mass is 453 g/mol. The van der Waals surface area contributed by atoms with Crippen LogP contribution in [0.25, 0.3) is 0 Å². The minimum atomic E-state index is -1.02. The molecule has 32 heavy (non-hydrogen) atoms. The molecule has 4 aliphatic rings. The van der Waals surface area contributed by atoms with Gasteiger partial charge in [0.15, 0.2) is 5.78 Å². The summed E-state index contributed by atoms with van der Waals surface area (Å²) < 4.78 is 6.40. The van der Waals surface area contributed by atoms with Crippen molar-refractivity contribution in [2.45, 2.75) is 50.7 Å². The highest BCUT2D eigenvalue weighted by Gasteiger charge is 2.50. The van der Waals surface area contributed by atoms with E-state index in [1.54, 1.807) is 47.2 Å². The number of amides is 2. The summed E-state index contributed by atoms with van der Waals surface area (Å²) in [4.78, 5) is 46.4. The molecule has 0 aromatic heterocycles. The maximum atomic E-state index is 13.6. The van der Waals surface area contributed by atoms with Crippen molar-refractivity contribution < 1.29 is 19.1 Å². The number of nitrogens with zero attached hydrogens (tertiary/aromatic N) is 3. The molecule has 0 saturated carbocycles. The van der Waals surface area contributed by atoms with Crippen molar-refractivity contribution in [3.05, 3.63) is 52.7 Å². The number of Topliss-reactive ketones (excluding diaryl/α,β-unsaturated/α-hetero) is 1. The number of halogens is 1. The van der Waals surface area contributed by atoms with E-state index >= 15 is 0 Å². The Bertz CT molecular complexity index is 1130. The van der Waals surface area contributed by atoms with Crippen molar-refractivity contribution in [1.82, 2.24) is 9.80 Å². The number of carbonyl (C=O) groups excluding carboxylic acids is 3. The summed E-state index contributed by atoms with van der Waals surface area (Å²) >= 11 is 6.13. The molecule has 1 saturated heterocycles. The van der Waals surface area contributed by atoms with Crippen molar-refractivity contribution in [3.63, 3.8) is 0 Å². The minimum absolute atomic E-state index is 0.0209. The smallest absolute Gasteiger partial charge is 0.250 e. The molecular formula is C24H24ClN3O4. The third-order valence-corrected chi connectivity index (χ3v) is 7.09. The molecule has 0 N–H and O–H groups in total. The lowest BCUT2D eigenvalue weighted by atomic mass is 9.81. The number of ketones is 1. The number of aliphatic imine (C=N–C) groups is 1. The number of carbonyl (C=O) groups is 3. The van der Waals surface area contributed by atoms with Crippen LogP contribution >= 0.6 is 11.6 Å². The summed E-state index contributed by atoms with van der Waals surface area (Å²) in [6, 6.07) is 3.46. The Labute approximate surface area is 191 Å². The summed E-state index contributed by atoms with van der Waals surface area (Å²) in [5, 5.41) is 0.523. The Morgan fingerprint density at radius 2 is 1.91 bits per heavy atom. The second-order valence-corrected chi connectivity index (χ2v) is 9.60. The number of benzene rings is 1. The van der Waals surface area contributed by atoms with E-state index in [1.807, 2.05) is 13.0 Å². The first-order valence-corrected chi connectivity index (χ1v) is 11.2. The first-order valence-electron chi connectivity index (χ1n) is 10.8. The van der Waals surface area contributed by atoms with Crippen molar-refractivity contribution in [1.29, 1.82) is 0 Å². The van der Waals surface area contributed by atoms with Gasteiger partial charge in [-0.05, 0) is 43.7 Å². The molecule has 2 amide bonds. The number of amidine groups is 1. The fourth-order valence-electron chi connectivity index (χ4n) is 5.12. The van der Waals surface area contributed by atoms with Gasteiger partial charge in [-0.3, -0.25) is 14.4 Å². The van der Waals surface area contributed by atoms with Crippen LogP contribution in [-0.4, -0.2) is 57.5 Å². The lowest BCUT2D eigenvalue weighted by molar-refractivity contribution is -0.147. The number of rotatable bonds is 1. The molecule has 1 spiro atoms. The molecule has 0 aliphatic carbocycles. The molecule has 4 heterocycles. The Kier molecular flexibility index (Phi) is 4.78. The fraction of sp³-hybridized carbons (Fsp3) is 0.417. The number of piperidine rings is 1. The van der Waals surface area contributed by atoms with Gasteiger partial charge < -0.3 is 14.5 Å². The predicted molar refractivity (Wildman–Crippen MR) is 120 cm³/mol. The van der Waals surface area contributed by atoms with Gasteiger partial charge in [0.2, 0.25) is 5.91 Å². The lowest BCUT2D eigenvalue weighted by Crippen LogP contribution is -2.63. The normalized spacial score (nSPS) is 25.9. The Morgan fingerprint density at radius 3 is 2.66 bits per heavy atom. The highest BCUT2D eigenvalue weighted by atomic mass is 35.5. The van der Waals surface area contributed by atoms with Gasteiger partial charge in [0.1, 0.15) is 22.7 Å². The molecule has 1 aromatic rings. The molecule has 1 aromatic carbocycles. The Morgan fingerprint density at radius 1 is 1.16 bits per heavy atom. The number of likely N-dealkylation sites (tertiary alicyclic amines) is 1. The molecule has 1 unspecified atom stereocenters. The van der Waals surface area contributed by atoms with Crippen molar-refractivity contribution in [3.8, 4) is 5.75 Å². The van der Waals surface area contributed by atoms with E-state index in [4.69, 9.17) is 16.3 Å². The van der Waals surface area contributed by atoms with Gasteiger partial charge in [-0.15, -0.1) is 0 Å². The SMILES string of the molecule is Cc1cc(Cl)cc2c1OC1(CCN(C(=O)C3(C)CC(=O)N=C4C=CC=CN43)CC1)CC2=O. The molecule has 1 atom stereocenters. The molecule has 0 bridgehead atoms. The van der Waals surface area contributed by atoms with Crippen molar-refractivity contribution >= 4 is 35.0 Å². The third kappa shape index (κ3) is 3.26. The first-order chi connectivity index (χ1) is 15.2. The van der Waals surface area contributed by atoms with E-state index < -0.39 is 11.1 Å². The molecule has 5 rings (SSSR count). The van der Waals surface area contributed by atoms with Gasteiger partial charge in [0.05, 0.1) is 18.4 Å². The number of fused-ring (bicyclic) bond motifs is 2. The Balaban J connectivity index is 1.35. The van der Waals surface area contributed by atoms with E-state index in [0.29, 0.717) is 48.1 Å². The van der Waals surface area contributed by atoms with E-state index in [1.165, 1.54) is 0 Å². The highest BCUT2D eigenvalue weighted by Crippen LogP contribution is 2.42. The third-order valence-electron chi connectivity index (χ3n) is 6.87. The summed E-state index contributed by atoms with van der Waals surface area (Å²) in [5.41, 5.74) is -0.279. The second kappa shape index (κ2) is 7.30. The summed E-state index contributed by atoms with van der Waals surface area (Å²) in [5.74, 6) is 0.694. The van der Waals surface area contributed by atoms with Crippen molar-refractivity contribution in [2.75, 3.05) is 13.1 Å². The molecule has 8 heteroatoms. The van der Waals surface area contributed by atoms with Gasteiger partial charge in [-0.2, -0.15) is 4.99 Å². The van der Waals surface area contributed by atoms with Gasteiger partial charge in [-0.25, -0.2) is 0 Å². The number of hydrogen-bond donors (Lipinski definition) is 0. The van der Waals surface area contributed by atoms with Crippen LogP contribution in [0.4, 0.5) is 0 Å². The zero-order valence-electron chi connectivity index (χ0n) is 18.1. The van der Waals surface area contributed by atoms with Crippen LogP contribution in [0.3, 0.4) is 0 Å². The zero-order chi connectivity index (χ0) is 22.7. The van der Waals surface area contributed by atoms with Gasteiger partial charge in [-0.1, -0.05) is 17.7 Å². The maximum absolute atomic E-state index is 13.6. The maximum Gasteiger partial charge on any atom is 0.250 e. The quantitative estimate of drug-likeness (QED) is 0.650. The number of ether oxygens (including phenoxy) is 1. The Hall–Kier alpha value is -2.93. The summed E-state index contributed by atoms with van der Waals surface area (Å²) in [6.07, 6.45) is 8.56. The van der Waals surface area contributed by atoms with Crippen LogP contribution in [0.5, 0.6) is 5.75 Å². The van der Waals surface area contributed by atoms with E-state index in [9.17, 15) is 14.4 Å². The van der Waals surface area contributed by atoms with Crippen molar-refractivity contribution in [2.24, 2.45) is 4.99 Å². The van der Waals surface area contributed by atoms with Crippen LogP contribution in [-0.2, 0) is 9.59 Å². The fourth-order valence-corrected chi connectivity index (χ4v) is 5.39. The average Bonchev–Trinajstić information content (AvgIpc) is 2.75. The number of aryl methyl sites for hydroxylation is 1. The van der Waals surface area contributed by atoms with Crippen LogP contribution < -0.4 is 4.74 Å². The van der Waals surface area contributed by atoms with E-state index in [2.05, 4.69) is 4.99 Å². The van der Waals surface area contributed by atoms with Crippen LogP contribution in [0.1, 0.15) is 48.5 Å². The molecule has 1 fully saturated rings. The van der Waals surface area contributed by atoms with Gasteiger partial charge >= 0.3 is 0 Å². The molecule has 166 valence electrons. The molecule has 4 aliphatic heterocycles. The van der Waals surface area contributed by atoms with E-state index in [-0.39, 0.29) is 30.4 Å². The van der Waals surface area contributed by atoms with Crippen LogP contribution in [0.15, 0.2) is 41.6 Å².